The van der Waals surface area contributed by atoms with Crippen LogP contribution in [0.25, 0.3) is 0 Å². The summed E-state index contributed by atoms with van der Waals surface area (Å²) in [5.41, 5.74) is 19.6. The maximum absolute atomic E-state index is 9.81. The maximum atomic E-state index is 9.81. The van der Waals surface area contributed by atoms with E-state index in [1.807, 2.05) is 13.0 Å². The van der Waals surface area contributed by atoms with Crippen LogP contribution < -0.4 is 17.2 Å². The van der Waals surface area contributed by atoms with E-state index in [1.165, 1.54) is 0 Å². The molecule has 0 radical (unpaired) electrons. The number of hydrogen-bond donors (Lipinski definition) is 4. The van der Waals surface area contributed by atoms with Gasteiger partial charge in [-0.15, -0.1) is 0 Å². The number of aliphatic hydroxyl groups excluding tert-OH is 1. The Morgan fingerprint density at radius 2 is 1.92 bits per heavy atom. The molecule has 1 heterocycles. The van der Waals surface area contributed by atoms with Gasteiger partial charge in [0.25, 0.3) is 0 Å². The molecule has 1 fully saturated rings. The summed E-state index contributed by atoms with van der Waals surface area (Å²) in [6.45, 7) is 11.4. The van der Waals surface area contributed by atoms with Crippen molar-refractivity contribution in [2.45, 2.75) is 39.3 Å². The van der Waals surface area contributed by atoms with Gasteiger partial charge in [0.2, 0.25) is 0 Å². The number of nitrogens with zero attached hydrogens (tertiary/aromatic N) is 2. The molecule has 6 nitrogen and oxygen atoms in total. The first-order chi connectivity index (χ1) is 11.7. The summed E-state index contributed by atoms with van der Waals surface area (Å²) in [5.74, 6) is 0.114. The van der Waals surface area contributed by atoms with Crippen molar-refractivity contribution in [1.29, 1.82) is 0 Å². The average Bonchev–Trinajstić information content (AvgIpc) is 2.54. The first-order valence-corrected chi connectivity index (χ1v) is 8.63. The summed E-state index contributed by atoms with van der Waals surface area (Å²) in [6, 6.07) is 0.784. The van der Waals surface area contributed by atoms with Gasteiger partial charge in [0.1, 0.15) is 11.6 Å². The summed E-state index contributed by atoms with van der Waals surface area (Å²) in [4.78, 5) is 4.54. The average molecular weight is 348 g/mol. The summed E-state index contributed by atoms with van der Waals surface area (Å²) < 4.78 is 0. The van der Waals surface area contributed by atoms with Gasteiger partial charge in [0, 0.05) is 36.4 Å². The van der Waals surface area contributed by atoms with E-state index >= 15 is 0 Å². The topological polar surface area (TPSA) is 105 Å². The first kappa shape index (κ1) is 20.7. The number of aliphatic hydroxyl groups is 1. The molecule has 2 unspecified atom stereocenters. The van der Waals surface area contributed by atoms with Crippen LogP contribution in [-0.4, -0.2) is 47.1 Å². The van der Waals surface area contributed by atoms with Crippen LogP contribution >= 0.6 is 0 Å². The Kier molecular flexibility index (Phi) is 7.64. The second-order valence-electron chi connectivity index (χ2n) is 6.47. The van der Waals surface area contributed by atoms with Crippen molar-refractivity contribution in [3.8, 4) is 0 Å². The molecule has 1 aliphatic heterocycles. The number of hydrogen-bond acceptors (Lipinski definition) is 6. The van der Waals surface area contributed by atoms with Gasteiger partial charge in [0.15, 0.2) is 0 Å². The zero-order valence-electron chi connectivity index (χ0n) is 15.9. The molecular formula is C19H33N5O. The second kappa shape index (κ2) is 9.22. The van der Waals surface area contributed by atoms with E-state index in [1.54, 1.807) is 18.2 Å². The van der Waals surface area contributed by atoms with Crippen molar-refractivity contribution in [3.05, 3.63) is 59.4 Å². The minimum atomic E-state index is -0.0972. The lowest BCUT2D eigenvalue weighted by atomic mass is 10.0. The maximum Gasteiger partial charge on any atom is 0.118 e. The van der Waals surface area contributed by atoms with E-state index < -0.39 is 0 Å². The Hall–Kier alpha value is -2.34. The zero-order valence-corrected chi connectivity index (χ0v) is 15.9. The van der Waals surface area contributed by atoms with Crippen LogP contribution in [0.1, 0.15) is 27.2 Å². The standard InChI is InChI=1S/C19H33N5O/c1-6-8-9-16(14(4)25)17(20)10-18(19(21)22)24-11-13(3)23(5)15(7-2)12-24/h6,8-10,13,15,25H,4,7,11-12,20-22H2,1-3,5H3/b8-6-,16-9+,17-10-. The molecule has 0 amide bonds. The third-order valence-corrected chi connectivity index (χ3v) is 4.66. The third-order valence-electron chi connectivity index (χ3n) is 4.66. The van der Waals surface area contributed by atoms with Crippen molar-refractivity contribution in [2.24, 2.45) is 17.2 Å². The quantitative estimate of drug-likeness (QED) is 0.432. The first-order valence-electron chi connectivity index (χ1n) is 8.63. The highest BCUT2D eigenvalue weighted by atomic mass is 16.3. The molecule has 0 aromatic heterocycles. The van der Waals surface area contributed by atoms with Crippen LogP contribution in [-0.2, 0) is 0 Å². The predicted molar refractivity (Wildman–Crippen MR) is 105 cm³/mol. The summed E-state index contributed by atoms with van der Waals surface area (Å²) in [5, 5.41) is 9.81. The highest BCUT2D eigenvalue weighted by molar-refractivity contribution is 5.45. The number of nitrogens with two attached hydrogens (primary N) is 3. The predicted octanol–water partition coefficient (Wildman–Crippen LogP) is 1.90. The van der Waals surface area contributed by atoms with Gasteiger partial charge in [-0.1, -0.05) is 25.7 Å². The SMILES string of the molecule is C=C(O)C(=C\C=C/C)/C(N)=C/C(=C(N)N)N1CC(C)N(C)C(CC)C1. The Labute approximate surface area is 151 Å². The minimum absolute atomic E-state index is 0.0972. The molecule has 0 aromatic rings. The molecule has 1 aliphatic rings. The smallest absolute Gasteiger partial charge is 0.118 e. The van der Waals surface area contributed by atoms with E-state index in [2.05, 4.69) is 37.3 Å². The molecule has 6 heteroatoms. The monoisotopic (exact) mass is 347 g/mol. The largest absolute Gasteiger partial charge is 0.508 e. The van der Waals surface area contributed by atoms with Crippen molar-refractivity contribution >= 4 is 0 Å². The van der Waals surface area contributed by atoms with Crippen molar-refractivity contribution < 1.29 is 5.11 Å². The van der Waals surface area contributed by atoms with Crippen LogP contribution in [0.5, 0.6) is 0 Å². The molecular weight excluding hydrogens is 314 g/mol. The van der Waals surface area contributed by atoms with E-state index in [0.29, 0.717) is 29.1 Å². The van der Waals surface area contributed by atoms with Gasteiger partial charge in [-0.3, -0.25) is 4.90 Å². The molecule has 1 rings (SSSR count). The molecule has 0 bridgehead atoms. The van der Waals surface area contributed by atoms with Crippen LogP contribution in [0, 0.1) is 0 Å². The van der Waals surface area contributed by atoms with E-state index in [-0.39, 0.29) is 11.6 Å². The Morgan fingerprint density at radius 3 is 2.40 bits per heavy atom. The normalized spacial score (nSPS) is 23.1. The Morgan fingerprint density at radius 1 is 1.28 bits per heavy atom. The van der Waals surface area contributed by atoms with Gasteiger partial charge in [0.05, 0.1) is 5.70 Å². The fourth-order valence-electron chi connectivity index (χ4n) is 3.01. The van der Waals surface area contributed by atoms with E-state index in [4.69, 9.17) is 17.2 Å². The van der Waals surface area contributed by atoms with Crippen LogP contribution in [0.15, 0.2) is 59.4 Å². The zero-order chi connectivity index (χ0) is 19.1. The fourth-order valence-corrected chi connectivity index (χ4v) is 3.01. The van der Waals surface area contributed by atoms with Gasteiger partial charge in [-0.05, 0) is 39.5 Å². The fraction of sp³-hybridized carbons (Fsp3) is 0.474. The molecule has 25 heavy (non-hydrogen) atoms. The lowest BCUT2D eigenvalue weighted by Gasteiger charge is -2.45. The molecule has 2 atom stereocenters. The van der Waals surface area contributed by atoms with Crippen LogP contribution in [0.3, 0.4) is 0 Å². The van der Waals surface area contributed by atoms with Gasteiger partial charge < -0.3 is 27.2 Å². The molecule has 7 N–H and O–H groups in total. The van der Waals surface area contributed by atoms with Crippen molar-refractivity contribution in [3.63, 3.8) is 0 Å². The molecule has 0 aliphatic carbocycles. The number of rotatable bonds is 6. The Bertz CT molecular complexity index is 599. The van der Waals surface area contributed by atoms with Crippen LogP contribution in [0.2, 0.25) is 0 Å². The summed E-state index contributed by atoms with van der Waals surface area (Å²) >= 11 is 0. The number of allylic oxidation sites excluding steroid dienone is 4. The van der Waals surface area contributed by atoms with Gasteiger partial charge in [-0.25, -0.2) is 0 Å². The molecule has 1 saturated heterocycles. The van der Waals surface area contributed by atoms with E-state index in [0.717, 1.165) is 19.5 Å². The third kappa shape index (κ3) is 5.32. The van der Waals surface area contributed by atoms with Gasteiger partial charge >= 0.3 is 0 Å². The lowest BCUT2D eigenvalue weighted by Crippen LogP contribution is -2.55. The molecule has 140 valence electrons. The Balaban J connectivity index is 3.20. The van der Waals surface area contributed by atoms with Crippen molar-refractivity contribution in [2.75, 3.05) is 20.1 Å². The molecule has 0 spiro atoms. The van der Waals surface area contributed by atoms with Crippen molar-refractivity contribution in [1.82, 2.24) is 9.80 Å². The van der Waals surface area contributed by atoms with Crippen LogP contribution in [0.4, 0.5) is 0 Å². The highest BCUT2D eigenvalue weighted by Crippen LogP contribution is 2.23. The van der Waals surface area contributed by atoms with E-state index in [9.17, 15) is 5.11 Å². The number of piperazine rings is 1. The lowest BCUT2D eigenvalue weighted by molar-refractivity contribution is 0.0701. The summed E-state index contributed by atoms with van der Waals surface area (Å²) in [6.07, 6.45) is 8.10. The summed E-state index contributed by atoms with van der Waals surface area (Å²) in [7, 11) is 2.14. The molecule has 0 saturated carbocycles. The van der Waals surface area contributed by atoms with Gasteiger partial charge in [-0.2, -0.15) is 0 Å². The molecule has 0 aromatic carbocycles. The second-order valence-corrected chi connectivity index (χ2v) is 6.47. The minimum Gasteiger partial charge on any atom is -0.508 e. The highest BCUT2D eigenvalue weighted by Gasteiger charge is 2.29. The number of likely N-dealkylation sites (N-methyl/N-ethyl adjacent to an activating group) is 1.